The van der Waals surface area contributed by atoms with E-state index in [0.717, 1.165) is 5.56 Å². The Morgan fingerprint density at radius 1 is 1.45 bits per heavy atom. The van der Waals surface area contributed by atoms with Gasteiger partial charge in [-0.2, -0.15) is 13.2 Å². The third-order valence-corrected chi connectivity index (χ3v) is 3.65. The van der Waals surface area contributed by atoms with Gasteiger partial charge in [0.2, 0.25) is 11.8 Å². The van der Waals surface area contributed by atoms with E-state index in [1.165, 1.54) is 0 Å². The summed E-state index contributed by atoms with van der Waals surface area (Å²) in [6.45, 7) is 0.206. The highest BCUT2D eigenvalue weighted by atomic mass is 35.5. The van der Waals surface area contributed by atoms with Crippen molar-refractivity contribution in [3.63, 3.8) is 0 Å². The standard InChI is InChI=1S/C14H14ClF3N2O2/c1-8-2-3-10(15)5-11(8)19-13(22)9-4-12(21)20(6-9)7-14(16,17)18/h2-3,5,9H,4,6-7H2,1H3,(H,19,22). The highest BCUT2D eigenvalue weighted by Crippen LogP contribution is 2.26. The molecule has 1 atom stereocenters. The zero-order valence-corrected chi connectivity index (χ0v) is 12.5. The predicted octanol–water partition coefficient (Wildman–Crippen LogP) is 3.00. The first kappa shape index (κ1) is 16.6. The number of nitrogens with zero attached hydrogens (tertiary/aromatic N) is 1. The minimum absolute atomic E-state index is 0.221. The number of nitrogens with one attached hydrogen (secondary N) is 1. The molecule has 1 aliphatic heterocycles. The lowest BCUT2D eigenvalue weighted by Crippen LogP contribution is -2.36. The molecular formula is C14H14ClF3N2O2. The Morgan fingerprint density at radius 3 is 2.77 bits per heavy atom. The van der Waals surface area contributed by atoms with Gasteiger partial charge in [-0.3, -0.25) is 9.59 Å². The van der Waals surface area contributed by atoms with Gasteiger partial charge in [0.15, 0.2) is 0 Å². The first-order valence-electron chi connectivity index (χ1n) is 6.57. The molecule has 0 aromatic heterocycles. The van der Waals surface area contributed by atoms with Crippen molar-refractivity contribution < 1.29 is 22.8 Å². The number of hydrogen-bond donors (Lipinski definition) is 1. The van der Waals surface area contributed by atoms with Gasteiger partial charge >= 0.3 is 6.18 Å². The number of aryl methyl sites for hydroxylation is 1. The maximum Gasteiger partial charge on any atom is 0.406 e. The fraction of sp³-hybridized carbons (Fsp3) is 0.429. The first-order valence-corrected chi connectivity index (χ1v) is 6.95. The van der Waals surface area contributed by atoms with Crippen LogP contribution in [0.2, 0.25) is 5.02 Å². The summed E-state index contributed by atoms with van der Waals surface area (Å²) in [7, 11) is 0. The van der Waals surface area contributed by atoms with Crippen LogP contribution in [0.25, 0.3) is 0 Å². The number of carbonyl (C=O) groups is 2. The van der Waals surface area contributed by atoms with E-state index in [-0.39, 0.29) is 13.0 Å². The quantitative estimate of drug-likeness (QED) is 0.923. The largest absolute Gasteiger partial charge is 0.406 e. The Hall–Kier alpha value is -1.76. The molecule has 0 saturated carbocycles. The third-order valence-electron chi connectivity index (χ3n) is 3.41. The smallest absolute Gasteiger partial charge is 0.333 e. The Kier molecular flexibility index (Phi) is 4.65. The molecule has 0 radical (unpaired) electrons. The van der Waals surface area contributed by atoms with E-state index in [1.54, 1.807) is 25.1 Å². The lowest BCUT2D eigenvalue weighted by atomic mass is 10.1. The van der Waals surface area contributed by atoms with E-state index in [1.807, 2.05) is 0 Å². The molecule has 1 saturated heterocycles. The van der Waals surface area contributed by atoms with Crippen molar-refractivity contribution >= 4 is 29.1 Å². The second kappa shape index (κ2) is 6.16. The van der Waals surface area contributed by atoms with Crippen LogP contribution in [-0.2, 0) is 9.59 Å². The van der Waals surface area contributed by atoms with E-state index in [4.69, 9.17) is 11.6 Å². The van der Waals surface area contributed by atoms with Crippen LogP contribution in [-0.4, -0.2) is 36.0 Å². The molecule has 1 heterocycles. The molecule has 1 fully saturated rings. The number of likely N-dealkylation sites (tertiary alicyclic amines) is 1. The van der Waals surface area contributed by atoms with Crippen LogP contribution in [0, 0.1) is 12.8 Å². The first-order chi connectivity index (χ1) is 10.2. The van der Waals surface area contributed by atoms with Gasteiger partial charge in [-0.1, -0.05) is 17.7 Å². The van der Waals surface area contributed by atoms with Gasteiger partial charge in [0.05, 0.1) is 5.92 Å². The minimum atomic E-state index is -4.47. The van der Waals surface area contributed by atoms with Crippen molar-refractivity contribution in [2.45, 2.75) is 19.5 Å². The number of halogens is 4. The molecule has 0 bridgehead atoms. The van der Waals surface area contributed by atoms with Gasteiger partial charge in [-0.15, -0.1) is 0 Å². The van der Waals surface area contributed by atoms with Crippen LogP contribution in [0.4, 0.5) is 18.9 Å². The number of amides is 2. The van der Waals surface area contributed by atoms with Gasteiger partial charge in [0.25, 0.3) is 0 Å². The van der Waals surface area contributed by atoms with Crippen LogP contribution in [0.15, 0.2) is 18.2 Å². The van der Waals surface area contributed by atoms with E-state index >= 15 is 0 Å². The van der Waals surface area contributed by atoms with Gasteiger partial charge in [-0.25, -0.2) is 0 Å². The monoisotopic (exact) mass is 334 g/mol. The van der Waals surface area contributed by atoms with Crippen molar-refractivity contribution in [1.29, 1.82) is 0 Å². The van der Waals surface area contributed by atoms with E-state index < -0.39 is 30.5 Å². The highest BCUT2D eigenvalue weighted by molar-refractivity contribution is 6.31. The zero-order chi connectivity index (χ0) is 16.5. The Labute approximate surface area is 130 Å². The minimum Gasteiger partial charge on any atom is -0.333 e. The predicted molar refractivity (Wildman–Crippen MR) is 75.6 cm³/mol. The topological polar surface area (TPSA) is 49.4 Å². The summed E-state index contributed by atoms with van der Waals surface area (Å²) in [5.41, 5.74) is 1.26. The zero-order valence-electron chi connectivity index (χ0n) is 11.7. The Morgan fingerprint density at radius 2 is 2.14 bits per heavy atom. The molecule has 2 amide bonds. The van der Waals surface area contributed by atoms with Crippen molar-refractivity contribution in [3.8, 4) is 0 Å². The molecule has 1 N–H and O–H groups in total. The summed E-state index contributed by atoms with van der Waals surface area (Å²) in [4.78, 5) is 24.3. The van der Waals surface area contributed by atoms with Gasteiger partial charge < -0.3 is 10.2 Å². The normalized spacial score (nSPS) is 18.7. The van der Waals surface area contributed by atoms with Crippen molar-refractivity contribution in [2.24, 2.45) is 5.92 Å². The molecule has 1 aromatic carbocycles. The number of anilines is 1. The Balaban J connectivity index is 2.02. The summed E-state index contributed by atoms with van der Waals surface area (Å²) < 4.78 is 37.0. The average Bonchev–Trinajstić information content (AvgIpc) is 2.73. The fourth-order valence-corrected chi connectivity index (χ4v) is 2.45. The molecule has 120 valence electrons. The number of carbonyl (C=O) groups excluding carboxylic acids is 2. The Bertz CT molecular complexity index is 604. The molecule has 1 aromatic rings. The second-order valence-corrected chi connectivity index (χ2v) is 5.68. The van der Waals surface area contributed by atoms with Crippen molar-refractivity contribution in [1.82, 2.24) is 4.90 Å². The molecule has 8 heteroatoms. The molecule has 22 heavy (non-hydrogen) atoms. The van der Waals surface area contributed by atoms with E-state index in [0.29, 0.717) is 15.6 Å². The maximum atomic E-state index is 12.3. The highest BCUT2D eigenvalue weighted by Gasteiger charge is 2.40. The lowest BCUT2D eigenvalue weighted by Gasteiger charge is -2.18. The summed E-state index contributed by atoms with van der Waals surface area (Å²) in [6.07, 6.45) is -4.69. The molecule has 0 aliphatic carbocycles. The third kappa shape index (κ3) is 4.13. The summed E-state index contributed by atoms with van der Waals surface area (Å²) >= 11 is 5.84. The molecule has 1 aliphatic rings. The van der Waals surface area contributed by atoms with Gasteiger partial charge in [0.1, 0.15) is 6.54 Å². The second-order valence-electron chi connectivity index (χ2n) is 5.24. The van der Waals surface area contributed by atoms with Crippen LogP contribution in [0.1, 0.15) is 12.0 Å². The molecule has 4 nitrogen and oxygen atoms in total. The van der Waals surface area contributed by atoms with E-state index in [2.05, 4.69) is 5.32 Å². The van der Waals surface area contributed by atoms with Crippen LogP contribution in [0.3, 0.4) is 0 Å². The number of alkyl halides is 3. The van der Waals surface area contributed by atoms with Crippen LogP contribution < -0.4 is 5.32 Å². The molecule has 2 rings (SSSR count). The van der Waals surface area contributed by atoms with Crippen LogP contribution in [0.5, 0.6) is 0 Å². The van der Waals surface area contributed by atoms with Crippen molar-refractivity contribution in [3.05, 3.63) is 28.8 Å². The van der Waals surface area contributed by atoms with Crippen molar-refractivity contribution in [2.75, 3.05) is 18.4 Å². The SMILES string of the molecule is Cc1ccc(Cl)cc1NC(=O)C1CC(=O)N(CC(F)(F)F)C1. The van der Waals surface area contributed by atoms with Gasteiger partial charge in [-0.05, 0) is 24.6 Å². The molecule has 1 unspecified atom stereocenters. The summed E-state index contributed by atoms with van der Waals surface area (Å²) in [5, 5.41) is 3.05. The fourth-order valence-electron chi connectivity index (χ4n) is 2.28. The summed E-state index contributed by atoms with van der Waals surface area (Å²) in [5.74, 6) is -1.95. The number of rotatable bonds is 3. The van der Waals surface area contributed by atoms with Crippen LogP contribution >= 0.6 is 11.6 Å². The maximum absolute atomic E-state index is 12.3. The van der Waals surface area contributed by atoms with E-state index in [9.17, 15) is 22.8 Å². The lowest BCUT2D eigenvalue weighted by molar-refractivity contribution is -0.157. The summed E-state index contributed by atoms with van der Waals surface area (Å²) in [6, 6.07) is 4.93. The number of benzene rings is 1. The average molecular weight is 335 g/mol. The number of hydrogen-bond acceptors (Lipinski definition) is 2. The molecule has 0 spiro atoms. The molecular weight excluding hydrogens is 321 g/mol. The van der Waals surface area contributed by atoms with Gasteiger partial charge in [0, 0.05) is 23.7 Å².